The molecule has 0 bridgehead atoms. The van der Waals surface area contributed by atoms with Crippen LogP contribution in [-0.2, 0) is 10.1 Å². The fourth-order valence-corrected chi connectivity index (χ4v) is 6.46. The van der Waals surface area contributed by atoms with Gasteiger partial charge in [-0.1, -0.05) is 66.7 Å². The van der Waals surface area contributed by atoms with E-state index in [1.54, 1.807) is 20.8 Å². The molecule has 4 nitrogen and oxygen atoms in total. The van der Waals surface area contributed by atoms with Crippen molar-refractivity contribution < 1.29 is 30.5 Å². The Morgan fingerprint density at radius 1 is 0.579 bits per heavy atom. The number of ether oxygens (including phenoxy) is 1. The van der Waals surface area contributed by atoms with Gasteiger partial charge in [0, 0.05) is 0 Å². The molecule has 0 unspecified atom stereocenters. The predicted molar refractivity (Wildman–Crippen MR) is 149 cm³/mol. The highest BCUT2D eigenvalue weighted by atomic mass is 32.2. The van der Waals surface area contributed by atoms with Crippen molar-refractivity contribution >= 4 is 34.0 Å². The van der Waals surface area contributed by atoms with Crippen molar-refractivity contribution in [3.63, 3.8) is 0 Å². The molecule has 0 spiro atoms. The molecule has 0 atom stereocenters. The van der Waals surface area contributed by atoms with Gasteiger partial charge in [-0.3, -0.25) is 0 Å². The summed E-state index contributed by atoms with van der Waals surface area (Å²) < 4.78 is 68.0. The second kappa shape index (κ2) is 12.5. The summed E-state index contributed by atoms with van der Waals surface area (Å²) in [6, 6.07) is 37.7. The van der Waals surface area contributed by atoms with E-state index in [-0.39, 0.29) is 5.75 Å². The van der Waals surface area contributed by atoms with E-state index in [1.165, 1.54) is 34.1 Å². The minimum atomic E-state index is -5.71. The van der Waals surface area contributed by atoms with Crippen molar-refractivity contribution in [3.05, 3.63) is 115 Å². The Morgan fingerprint density at radius 3 is 1.26 bits per heavy atom. The lowest BCUT2D eigenvalue weighted by Gasteiger charge is -2.22. The lowest BCUT2D eigenvalue weighted by Crippen LogP contribution is -2.29. The van der Waals surface area contributed by atoms with Crippen LogP contribution in [0.2, 0.25) is 0 Å². The van der Waals surface area contributed by atoms with Crippen molar-refractivity contribution in [1.82, 2.24) is 0 Å². The Bertz CT molecular complexity index is 1300. The summed E-state index contributed by atoms with van der Waals surface area (Å²) in [4.78, 5) is 0. The van der Waals surface area contributed by atoms with Crippen LogP contribution in [0.5, 0.6) is 11.5 Å². The van der Waals surface area contributed by atoms with Crippen molar-refractivity contribution in [1.29, 1.82) is 0 Å². The third kappa shape index (κ3) is 8.33. The van der Waals surface area contributed by atoms with E-state index in [0.717, 1.165) is 6.07 Å². The summed E-state index contributed by atoms with van der Waals surface area (Å²) in [5.74, 6) is -0.586. The second-order valence-corrected chi connectivity index (χ2v) is 13.1. The van der Waals surface area contributed by atoms with Gasteiger partial charge in [0.25, 0.3) is 0 Å². The standard InChI is InChI=1S/C18H15P.C11H13F3O4S/c1-4-10-16(11-5-1)19(17-12-6-2-7-13-17)18-14-8-3-9-15-18;1-10(2,3)17-8-6-4-5-7-9(8)18-19(15,16)11(12,13)14/h1-15H;4-7H,1-3H3/p+1. The molecule has 0 saturated carbocycles. The predicted octanol–water partition coefficient (Wildman–Crippen LogP) is 6.27. The number of para-hydroxylation sites is 2. The van der Waals surface area contributed by atoms with Crippen molar-refractivity contribution in [2.75, 3.05) is 0 Å². The Balaban J connectivity index is 0.000000211. The molecule has 0 N–H and O–H groups in total. The molecular formula is C29H29F3O4PS+. The monoisotopic (exact) mass is 561 g/mol. The zero-order valence-corrected chi connectivity index (χ0v) is 23.0. The van der Waals surface area contributed by atoms with Gasteiger partial charge in [-0.25, -0.2) is 0 Å². The summed E-state index contributed by atoms with van der Waals surface area (Å²) in [5.41, 5.74) is -6.19. The molecule has 0 heterocycles. The molecule has 0 fully saturated rings. The largest absolute Gasteiger partial charge is 0.534 e. The molecule has 4 rings (SSSR count). The van der Waals surface area contributed by atoms with E-state index < -0.39 is 34.9 Å². The highest BCUT2D eigenvalue weighted by Crippen LogP contribution is 2.34. The number of alkyl halides is 3. The van der Waals surface area contributed by atoms with Gasteiger partial charge in [0.15, 0.2) is 11.5 Å². The summed E-state index contributed by atoms with van der Waals surface area (Å²) >= 11 is 0. The van der Waals surface area contributed by atoms with Crippen LogP contribution in [0.4, 0.5) is 13.2 Å². The van der Waals surface area contributed by atoms with E-state index in [4.69, 9.17) is 4.74 Å². The molecule has 38 heavy (non-hydrogen) atoms. The highest BCUT2D eigenvalue weighted by Gasteiger charge is 2.49. The Morgan fingerprint density at radius 2 is 0.921 bits per heavy atom. The molecule has 9 heteroatoms. The minimum absolute atomic E-state index is 0.0807. The first-order chi connectivity index (χ1) is 17.9. The second-order valence-electron chi connectivity index (χ2n) is 9.12. The highest BCUT2D eigenvalue weighted by molar-refractivity contribution is 7.88. The zero-order chi connectivity index (χ0) is 27.8. The van der Waals surface area contributed by atoms with Gasteiger partial charge in [0.2, 0.25) is 0 Å². The molecule has 200 valence electrons. The number of benzene rings is 4. The SMILES string of the molecule is CC(C)(C)Oc1ccccc1OS(=O)(=O)C(F)(F)F.c1ccc([PH+](c2ccccc2)c2ccccc2)cc1. The third-order valence-corrected chi connectivity index (χ3v) is 8.63. The van der Waals surface area contributed by atoms with Crippen molar-refractivity contribution in [3.8, 4) is 11.5 Å². The first-order valence-corrected chi connectivity index (χ1v) is 14.6. The molecule has 0 aliphatic carbocycles. The van der Waals surface area contributed by atoms with Crippen LogP contribution in [0.15, 0.2) is 115 Å². The van der Waals surface area contributed by atoms with Crippen molar-refractivity contribution in [2.24, 2.45) is 0 Å². The maximum Gasteiger partial charge on any atom is 0.534 e. The maximum absolute atomic E-state index is 12.2. The smallest absolute Gasteiger partial charge is 0.484 e. The molecule has 0 aliphatic rings. The average molecular weight is 562 g/mol. The first kappa shape index (κ1) is 29.2. The zero-order valence-electron chi connectivity index (χ0n) is 21.1. The van der Waals surface area contributed by atoms with Gasteiger partial charge < -0.3 is 8.92 Å². The molecule has 0 radical (unpaired) electrons. The quantitative estimate of drug-likeness (QED) is 0.158. The third-order valence-electron chi connectivity index (χ3n) is 4.94. The lowest BCUT2D eigenvalue weighted by atomic mass is 10.2. The lowest BCUT2D eigenvalue weighted by molar-refractivity contribution is -0.0501. The van der Waals surface area contributed by atoms with E-state index in [9.17, 15) is 21.6 Å². The van der Waals surface area contributed by atoms with Crippen LogP contribution in [0.3, 0.4) is 0 Å². The Kier molecular flexibility index (Phi) is 9.58. The number of rotatable bonds is 6. The van der Waals surface area contributed by atoms with Gasteiger partial charge in [-0.15, -0.1) is 0 Å². The fraction of sp³-hybridized carbons (Fsp3) is 0.172. The summed E-state index contributed by atoms with van der Waals surface area (Å²) in [7, 11) is -6.59. The molecule has 0 saturated heterocycles. The number of hydrogen-bond acceptors (Lipinski definition) is 4. The first-order valence-electron chi connectivity index (χ1n) is 11.7. The number of hydrogen-bond donors (Lipinski definition) is 0. The van der Waals surface area contributed by atoms with Gasteiger partial charge in [-0.2, -0.15) is 21.6 Å². The molecular weight excluding hydrogens is 532 g/mol. The van der Waals surface area contributed by atoms with Crippen LogP contribution in [0.1, 0.15) is 20.8 Å². The summed E-state index contributed by atoms with van der Waals surface area (Å²) in [6.07, 6.45) is 0. The van der Waals surface area contributed by atoms with Crippen LogP contribution in [-0.4, -0.2) is 19.5 Å². The normalized spacial score (nSPS) is 11.9. The summed E-state index contributed by atoms with van der Waals surface area (Å²) in [6.45, 7) is 5.01. The maximum atomic E-state index is 12.2. The molecule has 0 aromatic heterocycles. The van der Waals surface area contributed by atoms with E-state index in [0.29, 0.717) is 0 Å². The molecule has 0 aliphatic heterocycles. The molecule has 4 aromatic carbocycles. The van der Waals surface area contributed by atoms with Gasteiger partial charge in [-0.05, 0) is 69.3 Å². The van der Waals surface area contributed by atoms with E-state index >= 15 is 0 Å². The Hall–Kier alpha value is -3.35. The summed E-state index contributed by atoms with van der Waals surface area (Å²) in [5, 5.41) is 4.31. The van der Waals surface area contributed by atoms with Crippen molar-refractivity contribution in [2.45, 2.75) is 31.9 Å². The van der Waals surface area contributed by atoms with Crippen LogP contribution < -0.4 is 24.8 Å². The number of halogens is 3. The fourth-order valence-electron chi connectivity index (χ4n) is 3.41. The molecule has 4 aromatic rings. The molecule has 0 amide bonds. The topological polar surface area (TPSA) is 52.6 Å². The van der Waals surface area contributed by atoms with Crippen LogP contribution in [0.25, 0.3) is 0 Å². The van der Waals surface area contributed by atoms with Gasteiger partial charge in [0.1, 0.15) is 21.5 Å². The van der Waals surface area contributed by atoms with Gasteiger partial charge in [0.05, 0.1) is 7.92 Å². The minimum Gasteiger partial charge on any atom is -0.484 e. The van der Waals surface area contributed by atoms with E-state index in [2.05, 4.69) is 95.2 Å². The van der Waals surface area contributed by atoms with Crippen LogP contribution >= 0.6 is 7.92 Å². The van der Waals surface area contributed by atoms with Gasteiger partial charge >= 0.3 is 15.6 Å². The Labute approximate surface area is 222 Å². The van der Waals surface area contributed by atoms with Crippen LogP contribution in [0, 0.1) is 0 Å². The average Bonchev–Trinajstić information content (AvgIpc) is 2.86. The van der Waals surface area contributed by atoms with E-state index in [1.807, 2.05) is 0 Å².